The van der Waals surface area contributed by atoms with Crippen molar-refractivity contribution in [1.82, 2.24) is 20.3 Å². The minimum atomic E-state index is -4.55. The Bertz CT molecular complexity index is 1010. The smallest absolute Gasteiger partial charge is 0.355 e. The molecule has 3 heterocycles. The van der Waals surface area contributed by atoms with Gasteiger partial charge in [0.1, 0.15) is 10.0 Å². The van der Waals surface area contributed by atoms with Gasteiger partial charge in [0.2, 0.25) is 11.9 Å². The van der Waals surface area contributed by atoms with Gasteiger partial charge < -0.3 is 10.6 Å². The van der Waals surface area contributed by atoms with E-state index in [4.69, 9.17) is 4.11 Å². The van der Waals surface area contributed by atoms with E-state index in [1.165, 1.54) is 6.92 Å². The van der Waals surface area contributed by atoms with Crippen LogP contribution in [0.25, 0.3) is 0 Å². The van der Waals surface area contributed by atoms with Crippen LogP contribution in [0.15, 0.2) is 6.20 Å². The molecule has 2 aromatic heterocycles. The summed E-state index contributed by atoms with van der Waals surface area (Å²) in [4.78, 5) is 24.7. The van der Waals surface area contributed by atoms with E-state index in [1.807, 2.05) is 0 Å². The Morgan fingerprint density at radius 2 is 2.19 bits per heavy atom. The monoisotopic (exact) mass is 400 g/mol. The normalized spacial score (nSPS) is 24.9. The molecular formula is C17H18F3N5OS. The van der Waals surface area contributed by atoms with Crippen LogP contribution in [0.2, 0.25) is 0 Å². The Balaban J connectivity index is 1.73. The summed E-state index contributed by atoms with van der Waals surface area (Å²) < 4.78 is 62.8. The van der Waals surface area contributed by atoms with E-state index >= 15 is 0 Å². The van der Waals surface area contributed by atoms with Crippen molar-refractivity contribution in [2.75, 3.05) is 11.9 Å². The molecule has 0 bridgehead atoms. The Kier molecular flexibility index (Phi) is 3.37. The zero-order chi connectivity index (χ0) is 21.9. The van der Waals surface area contributed by atoms with Crippen molar-refractivity contribution in [3.63, 3.8) is 0 Å². The lowest BCUT2D eigenvalue weighted by Crippen LogP contribution is -2.32. The number of hydrogen-bond acceptors (Lipinski definition) is 6. The maximum atomic E-state index is 13.0. The molecule has 1 atom stereocenters. The van der Waals surface area contributed by atoms with Crippen molar-refractivity contribution in [2.45, 2.75) is 50.5 Å². The first-order valence-corrected chi connectivity index (χ1v) is 9.22. The number of carbonyl (C=O) groups excluding carboxylic acids is 1. The SMILES string of the molecule is [2H]C([2H])([2H])[C@]1(c2nc(C3CC3)c(Nc3ncc(C(F)(F)F)c(C)n3)s2)CCNC1=O. The van der Waals surface area contributed by atoms with Crippen LogP contribution >= 0.6 is 11.3 Å². The van der Waals surface area contributed by atoms with Gasteiger partial charge in [-0.1, -0.05) is 11.3 Å². The summed E-state index contributed by atoms with van der Waals surface area (Å²) in [5, 5.41) is 6.10. The van der Waals surface area contributed by atoms with Crippen molar-refractivity contribution < 1.29 is 22.1 Å². The van der Waals surface area contributed by atoms with Gasteiger partial charge in [-0.3, -0.25) is 4.79 Å². The number of aromatic nitrogens is 3. The first-order valence-electron chi connectivity index (χ1n) is 9.91. The minimum absolute atomic E-state index is 0.0450. The first kappa shape index (κ1) is 14.8. The summed E-state index contributed by atoms with van der Waals surface area (Å²) in [6, 6.07) is 0. The highest BCUT2D eigenvalue weighted by Crippen LogP contribution is 2.48. The molecule has 0 radical (unpaired) electrons. The number of rotatable bonds is 4. The van der Waals surface area contributed by atoms with Gasteiger partial charge in [-0.2, -0.15) is 13.2 Å². The van der Waals surface area contributed by atoms with E-state index in [0.717, 1.165) is 24.2 Å². The fourth-order valence-corrected chi connectivity index (χ4v) is 4.14. The highest BCUT2D eigenvalue weighted by Gasteiger charge is 2.44. The zero-order valence-corrected chi connectivity index (χ0v) is 15.1. The summed E-state index contributed by atoms with van der Waals surface area (Å²) in [6.07, 6.45) is -2.04. The highest BCUT2D eigenvalue weighted by atomic mass is 32.1. The summed E-state index contributed by atoms with van der Waals surface area (Å²) in [5.41, 5.74) is -2.30. The molecule has 1 aliphatic heterocycles. The van der Waals surface area contributed by atoms with Crippen molar-refractivity contribution in [1.29, 1.82) is 0 Å². The van der Waals surface area contributed by atoms with Crippen LogP contribution in [0.3, 0.4) is 0 Å². The third-order valence-corrected chi connectivity index (χ3v) is 5.81. The fraction of sp³-hybridized carbons (Fsp3) is 0.529. The van der Waals surface area contributed by atoms with Crippen LogP contribution in [-0.2, 0) is 16.4 Å². The molecule has 0 unspecified atom stereocenters. The van der Waals surface area contributed by atoms with Crippen LogP contribution in [0.1, 0.15) is 58.1 Å². The van der Waals surface area contributed by atoms with Crippen molar-refractivity contribution in [2.24, 2.45) is 0 Å². The largest absolute Gasteiger partial charge is 0.419 e. The van der Waals surface area contributed by atoms with E-state index < -0.39 is 29.9 Å². The molecule has 27 heavy (non-hydrogen) atoms. The van der Waals surface area contributed by atoms with Gasteiger partial charge in [0.15, 0.2) is 0 Å². The number of alkyl halides is 3. The molecule has 1 saturated heterocycles. The molecule has 0 spiro atoms. The summed E-state index contributed by atoms with van der Waals surface area (Å²) in [7, 11) is 0. The number of amides is 1. The quantitative estimate of drug-likeness (QED) is 0.819. The topological polar surface area (TPSA) is 79.8 Å². The van der Waals surface area contributed by atoms with E-state index in [0.29, 0.717) is 16.9 Å². The van der Waals surface area contributed by atoms with E-state index in [1.54, 1.807) is 0 Å². The molecule has 0 aromatic carbocycles. The third-order valence-electron chi connectivity index (χ3n) is 4.67. The second-order valence-electron chi connectivity index (χ2n) is 6.73. The number of halogens is 3. The summed E-state index contributed by atoms with van der Waals surface area (Å²) >= 11 is 1.02. The molecule has 2 fully saturated rings. The molecule has 2 aromatic rings. The van der Waals surface area contributed by atoms with Crippen LogP contribution in [0, 0.1) is 6.92 Å². The molecule has 10 heteroatoms. The summed E-state index contributed by atoms with van der Waals surface area (Å²) in [5.74, 6) is -0.533. The number of hydrogen-bond donors (Lipinski definition) is 2. The molecule has 1 amide bonds. The van der Waals surface area contributed by atoms with Crippen LogP contribution in [-0.4, -0.2) is 27.4 Å². The van der Waals surface area contributed by atoms with Gasteiger partial charge >= 0.3 is 6.18 Å². The highest BCUT2D eigenvalue weighted by molar-refractivity contribution is 7.16. The molecule has 2 aliphatic rings. The lowest BCUT2D eigenvalue weighted by molar-refractivity contribution is -0.138. The predicted octanol–water partition coefficient (Wildman–Crippen LogP) is 3.66. The molecular weight excluding hydrogens is 379 g/mol. The summed E-state index contributed by atoms with van der Waals surface area (Å²) in [6.45, 7) is -1.12. The zero-order valence-electron chi connectivity index (χ0n) is 17.3. The number of aryl methyl sites for hydroxylation is 1. The van der Waals surface area contributed by atoms with Gasteiger partial charge in [0.25, 0.3) is 0 Å². The van der Waals surface area contributed by atoms with Crippen LogP contribution in [0.5, 0.6) is 0 Å². The lowest BCUT2D eigenvalue weighted by Gasteiger charge is -2.16. The fourth-order valence-electron chi connectivity index (χ4n) is 2.98. The average Bonchev–Trinajstić information content (AvgIpc) is 3.25. The molecule has 1 saturated carbocycles. The van der Waals surface area contributed by atoms with Gasteiger partial charge in [0.05, 0.1) is 22.4 Å². The van der Waals surface area contributed by atoms with Gasteiger partial charge in [-0.25, -0.2) is 15.0 Å². The van der Waals surface area contributed by atoms with Crippen LogP contribution in [0.4, 0.5) is 24.1 Å². The van der Waals surface area contributed by atoms with Gasteiger partial charge in [-0.15, -0.1) is 0 Å². The predicted molar refractivity (Wildman–Crippen MR) is 94.1 cm³/mol. The molecule has 2 N–H and O–H groups in total. The Morgan fingerprint density at radius 3 is 2.74 bits per heavy atom. The first-order chi connectivity index (χ1) is 13.9. The molecule has 144 valence electrons. The van der Waals surface area contributed by atoms with Gasteiger partial charge in [0, 0.05) is 22.8 Å². The second-order valence-corrected chi connectivity index (χ2v) is 7.73. The Labute approximate surface area is 161 Å². The van der Waals surface area contributed by atoms with Crippen LogP contribution < -0.4 is 10.6 Å². The van der Waals surface area contributed by atoms with Crippen molar-refractivity contribution in [3.05, 3.63) is 28.2 Å². The Hall–Kier alpha value is -2.23. The second kappa shape index (κ2) is 6.15. The third kappa shape index (κ3) is 3.26. The maximum absolute atomic E-state index is 13.0. The van der Waals surface area contributed by atoms with Gasteiger partial charge in [-0.05, 0) is 33.0 Å². The molecule has 6 nitrogen and oxygen atoms in total. The average molecular weight is 400 g/mol. The van der Waals surface area contributed by atoms with E-state index in [-0.39, 0.29) is 35.5 Å². The van der Waals surface area contributed by atoms with Crippen molar-refractivity contribution in [3.8, 4) is 0 Å². The number of nitrogens with one attached hydrogen (secondary N) is 2. The Morgan fingerprint density at radius 1 is 1.41 bits per heavy atom. The number of anilines is 2. The molecule has 4 rings (SSSR count). The molecule has 1 aliphatic carbocycles. The maximum Gasteiger partial charge on any atom is 0.419 e. The van der Waals surface area contributed by atoms with E-state index in [9.17, 15) is 18.0 Å². The van der Waals surface area contributed by atoms with Crippen molar-refractivity contribution >= 4 is 28.2 Å². The number of carbonyl (C=O) groups is 1. The lowest BCUT2D eigenvalue weighted by atomic mass is 9.90. The van der Waals surface area contributed by atoms with E-state index in [2.05, 4.69) is 25.6 Å². The minimum Gasteiger partial charge on any atom is -0.355 e. The number of thiazole rings is 1. The number of nitrogens with zero attached hydrogens (tertiary/aromatic N) is 3. The standard InChI is InChI=1S/C17H18F3N5OS/c1-8-10(17(18,19)20)7-22-15(23-8)25-12-11(9-3-4-9)24-14(27-12)16(2)5-6-21-13(16)26/h7,9H,3-6H2,1-2H3,(H,21,26)(H,22,23,25)/t16-/m0/s1/i2D3.